The Hall–Kier alpha value is -1.61. The van der Waals surface area contributed by atoms with Crippen LogP contribution in [0.25, 0.3) is 10.9 Å². The van der Waals surface area contributed by atoms with Crippen LogP contribution in [0.1, 0.15) is 13.8 Å². The average molecular weight is 264 g/mol. The SMILES string of the molecule is CC(C)C(=O)COc1ccc(Cl)c2cccnc12. The summed E-state index contributed by atoms with van der Waals surface area (Å²) in [7, 11) is 0. The zero-order chi connectivity index (χ0) is 13.1. The number of fused-ring (bicyclic) bond motifs is 1. The van der Waals surface area contributed by atoms with Gasteiger partial charge in [0, 0.05) is 17.5 Å². The summed E-state index contributed by atoms with van der Waals surface area (Å²) < 4.78 is 5.53. The molecule has 0 spiro atoms. The van der Waals surface area contributed by atoms with Gasteiger partial charge in [-0.25, -0.2) is 0 Å². The number of carbonyl (C=O) groups is 1. The van der Waals surface area contributed by atoms with E-state index in [4.69, 9.17) is 16.3 Å². The van der Waals surface area contributed by atoms with E-state index in [1.165, 1.54) is 0 Å². The summed E-state index contributed by atoms with van der Waals surface area (Å²) in [4.78, 5) is 15.8. The van der Waals surface area contributed by atoms with Gasteiger partial charge < -0.3 is 4.74 Å². The van der Waals surface area contributed by atoms with Gasteiger partial charge in [0.15, 0.2) is 5.78 Å². The van der Waals surface area contributed by atoms with Crippen LogP contribution in [-0.4, -0.2) is 17.4 Å². The van der Waals surface area contributed by atoms with Crippen LogP contribution in [0.3, 0.4) is 0 Å². The summed E-state index contributed by atoms with van der Waals surface area (Å²) in [6, 6.07) is 7.19. The molecule has 4 heteroatoms. The lowest BCUT2D eigenvalue weighted by Gasteiger charge is -2.10. The van der Waals surface area contributed by atoms with Gasteiger partial charge in [-0.05, 0) is 24.3 Å². The van der Waals surface area contributed by atoms with Crippen molar-refractivity contribution in [3.05, 3.63) is 35.5 Å². The highest BCUT2D eigenvalue weighted by Gasteiger charge is 2.11. The Morgan fingerprint density at radius 2 is 2.17 bits per heavy atom. The molecule has 0 amide bonds. The summed E-state index contributed by atoms with van der Waals surface area (Å²) in [6.45, 7) is 3.76. The molecule has 1 heterocycles. The van der Waals surface area contributed by atoms with Crippen molar-refractivity contribution < 1.29 is 9.53 Å². The molecule has 3 nitrogen and oxygen atoms in total. The van der Waals surface area contributed by atoms with Crippen LogP contribution in [0.15, 0.2) is 30.5 Å². The number of hydrogen-bond donors (Lipinski definition) is 0. The quantitative estimate of drug-likeness (QED) is 0.848. The summed E-state index contributed by atoms with van der Waals surface area (Å²) in [5.74, 6) is 0.620. The molecule has 0 fully saturated rings. The average Bonchev–Trinajstić information content (AvgIpc) is 2.38. The second kappa shape index (κ2) is 5.36. The number of halogens is 1. The van der Waals surface area contributed by atoms with Crippen molar-refractivity contribution in [2.45, 2.75) is 13.8 Å². The molecule has 0 saturated heterocycles. The number of benzene rings is 1. The maximum absolute atomic E-state index is 11.5. The molecule has 1 aromatic carbocycles. The summed E-state index contributed by atoms with van der Waals surface area (Å²) in [5.41, 5.74) is 0.682. The lowest BCUT2D eigenvalue weighted by atomic mass is 10.1. The molecule has 0 unspecified atom stereocenters. The zero-order valence-electron chi connectivity index (χ0n) is 10.3. The lowest BCUT2D eigenvalue weighted by Crippen LogP contribution is -2.16. The van der Waals surface area contributed by atoms with Crippen LogP contribution in [0.5, 0.6) is 5.75 Å². The fourth-order valence-corrected chi connectivity index (χ4v) is 1.76. The minimum absolute atomic E-state index is 0.0310. The summed E-state index contributed by atoms with van der Waals surface area (Å²) in [6.07, 6.45) is 1.68. The first-order valence-corrected chi connectivity index (χ1v) is 6.16. The van der Waals surface area contributed by atoms with Crippen molar-refractivity contribution in [2.24, 2.45) is 5.92 Å². The van der Waals surface area contributed by atoms with Crippen molar-refractivity contribution in [2.75, 3.05) is 6.61 Å². The standard InChI is InChI=1S/C14H14ClNO2/c1-9(2)12(17)8-18-13-6-5-11(15)10-4-3-7-16-14(10)13/h3-7,9H,8H2,1-2H3. The van der Waals surface area contributed by atoms with Crippen molar-refractivity contribution in [1.82, 2.24) is 4.98 Å². The minimum Gasteiger partial charge on any atom is -0.484 e. The van der Waals surface area contributed by atoms with E-state index in [2.05, 4.69) is 4.98 Å². The van der Waals surface area contributed by atoms with Gasteiger partial charge in [-0.1, -0.05) is 25.4 Å². The maximum Gasteiger partial charge on any atom is 0.172 e. The number of Topliss-reactive ketones (excluding diaryl/α,β-unsaturated/α-hetero) is 1. The number of carbonyl (C=O) groups excluding carboxylic acids is 1. The van der Waals surface area contributed by atoms with Crippen LogP contribution in [0.2, 0.25) is 5.02 Å². The van der Waals surface area contributed by atoms with E-state index in [1.54, 1.807) is 18.3 Å². The molecule has 94 valence electrons. The highest BCUT2D eigenvalue weighted by molar-refractivity contribution is 6.35. The van der Waals surface area contributed by atoms with Crippen LogP contribution in [0.4, 0.5) is 0 Å². The molecule has 1 aromatic heterocycles. The van der Waals surface area contributed by atoms with Gasteiger partial charge in [0.05, 0.1) is 5.02 Å². The lowest BCUT2D eigenvalue weighted by molar-refractivity contribution is -0.123. The molecule has 0 radical (unpaired) electrons. The van der Waals surface area contributed by atoms with E-state index in [0.717, 1.165) is 5.39 Å². The molecule has 0 aliphatic heterocycles. The number of nitrogens with zero attached hydrogens (tertiary/aromatic N) is 1. The normalized spacial score (nSPS) is 10.9. The van der Waals surface area contributed by atoms with Gasteiger partial charge in [-0.15, -0.1) is 0 Å². The first kappa shape index (κ1) is 12.8. The Balaban J connectivity index is 2.29. The third-order valence-electron chi connectivity index (χ3n) is 2.69. The van der Waals surface area contributed by atoms with Crippen LogP contribution in [-0.2, 0) is 4.79 Å². The fraction of sp³-hybridized carbons (Fsp3) is 0.286. The first-order valence-electron chi connectivity index (χ1n) is 5.78. The summed E-state index contributed by atoms with van der Waals surface area (Å²) >= 11 is 6.08. The van der Waals surface area contributed by atoms with Gasteiger partial charge in [-0.3, -0.25) is 9.78 Å². The Morgan fingerprint density at radius 3 is 2.89 bits per heavy atom. The van der Waals surface area contributed by atoms with E-state index >= 15 is 0 Å². The van der Waals surface area contributed by atoms with E-state index < -0.39 is 0 Å². The molecular formula is C14H14ClNO2. The Labute approximate surface area is 111 Å². The van der Waals surface area contributed by atoms with Crippen LogP contribution >= 0.6 is 11.6 Å². The number of pyridine rings is 1. The van der Waals surface area contributed by atoms with Gasteiger partial charge in [-0.2, -0.15) is 0 Å². The van der Waals surface area contributed by atoms with E-state index in [1.807, 2.05) is 26.0 Å². The second-order valence-electron chi connectivity index (χ2n) is 4.35. The number of aromatic nitrogens is 1. The number of ether oxygens (including phenoxy) is 1. The Kier molecular flexibility index (Phi) is 3.82. The number of hydrogen-bond acceptors (Lipinski definition) is 3. The molecule has 0 atom stereocenters. The number of ketones is 1. The van der Waals surface area contributed by atoms with E-state index in [0.29, 0.717) is 16.3 Å². The molecular weight excluding hydrogens is 250 g/mol. The minimum atomic E-state index is -0.0310. The van der Waals surface area contributed by atoms with Gasteiger partial charge in [0.2, 0.25) is 0 Å². The van der Waals surface area contributed by atoms with Gasteiger partial charge in [0.1, 0.15) is 17.9 Å². The largest absolute Gasteiger partial charge is 0.484 e. The zero-order valence-corrected chi connectivity index (χ0v) is 11.1. The molecule has 2 aromatic rings. The fourth-order valence-electron chi connectivity index (χ4n) is 1.54. The molecule has 0 saturated carbocycles. The highest BCUT2D eigenvalue weighted by Crippen LogP contribution is 2.29. The molecule has 0 N–H and O–H groups in total. The van der Waals surface area contributed by atoms with Crippen molar-refractivity contribution in [3.8, 4) is 5.75 Å². The van der Waals surface area contributed by atoms with Crippen LogP contribution in [0, 0.1) is 5.92 Å². The molecule has 2 rings (SSSR count). The van der Waals surface area contributed by atoms with Crippen LogP contribution < -0.4 is 4.74 Å². The van der Waals surface area contributed by atoms with Gasteiger partial charge >= 0.3 is 0 Å². The smallest absolute Gasteiger partial charge is 0.172 e. The monoisotopic (exact) mass is 263 g/mol. The third-order valence-corrected chi connectivity index (χ3v) is 3.02. The maximum atomic E-state index is 11.5. The Morgan fingerprint density at radius 1 is 1.39 bits per heavy atom. The van der Waals surface area contributed by atoms with E-state index in [-0.39, 0.29) is 18.3 Å². The Bertz CT molecular complexity index is 581. The predicted molar refractivity (Wildman–Crippen MR) is 72.1 cm³/mol. The molecule has 0 bridgehead atoms. The number of rotatable bonds is 4. The van der Waals surface area contributed by atoms with Gasteiger partial charge in [0.25, 0.3) is 0 Å². The molecule has 0 aliphatic carbocycles. The molecule has 0 aliphatic rings. The van der Waals surface area contributed by atoms with Crippen molar-refractivity contribution in [1.29, 1.82) is 0 Å². The molecule has 18 heavy (non-hydrogen) atoms. The first-order chi connectivity index (χ1) is 8.59. The van der Waals surface area contributed by atoms with Crippen molar-refractivity contribution >= 4 is 28.3 Å². The highest BCUT2D eigenvalue weighted by atomic mass is 35.5. The third kappa shape index (κ3) is 2.62. The second-order valence-corrected chi connectivity index (χ2v) is 4.76. The van der Waals surface area contributed by atoms with E-state index in [9.17, 15) is 4.79 Å². The predicted octanol–water partition coefficient (Wildman–Crippen LogP) is 3.49. The van der Waals surface area contributed by atoms with Crippen molar-refractivity contribution in [3.63, 3.8) is 0 Å². The topological polar surface area (TPSA) is 39.2 Å². The summed E-state index contributed by atoms with van der Waals surface area (Å²) in [5, 5.41) is 1.45.